The molecule has 0 aromatic heterocycles. The van der Waals surface area contributed by atoms with Crippen LogP contribution in [0.2, 0.25) is 0 Å². The molecule has 0 saturated carbocycles. The van der Waals surface area contributed by atoms with Crippen molar-refractivity contribution in [3.63, 3.8) is 0 Å². The molecule has 2 unspecified atom stereocenters. The van der Waals surface area contributed by atoms with E-state index in [0.717, 1.165) is 71.4 Å². The number of nitrogens with zero attached hydrogens (tertiary/aromatic N) is 2. The van der Waals surface area contributed by atoms with Crippen molar-refractivity contribution in [1.29, 1.82) is 0 Å². The lowest BCUT2D eigenvalue weighted by molar-refractivity contribution is -0.134. The average Bonchev–Trinajstić information content (AvgIpc) is 3.09. The van der Waals surface area contributed by atoms with Crippen molar-refractivity contribution >= 4 is 30.7 Å². The first-order chi connectivity index (χ1) is 11.2. The van der Waals surface area contributed by atoms with Crippen molar-refractivity contribution in [1.82, 2.24) is 15.1 Å². The van der Waals surface area contributed by atoms with Crippen molar-refractivity contribution in [2.24, 2.45) is 17.8 Å². The Balaban J connectivity index is 0.00000156. The lowest BCUT2D eigenvalue weighted by Gasteiger charge is -2.37. The van der Waals surface area contributed by atoms with Crippen LogP contribution in [-0.2, 0) is 9.53 Å². The Morgan fingerprint density at radius 3 is 2.40 bits per heavy atom. The molecular formula is C18H35Cl2N3O2. The third-order valence-corrected chi connectivity index (χ3v) is 5.95. The van der Waals surface area contributed by atoms with E-state index < -0.39 is 0 Å². The van der Waals surface area contributed by atoms with Gasteiger partial charge in [-0.1, -0.05) is 6.92 Å². The van der Waals surface area contributed by atoms with Crippen molar-refractivity contribution in [3.05, 3.63) is 0 Å². The van der Waals surface area contributed by atoms with E-state index in [1.54, 1.807) is 0 Å². The molecule has 0 radical (unpaired) electrons. The van der Waals surface area contributed by atoms with Gasteiger partial charge >= 0.3 is 0 Å². The smallest absolute Gasteiger partial charge is 0.222 e. The Kier molecular flexibility index (Phi) is 10.7. The van der Waals surface area contributed by atoms with Crippen LogP contribution in [0.5, 0.6) is 0 Å². The fourth-order valence-electron chi connectivity index (χ4n) is 4.26. The molecule has 148 valence electrons. The second-order valence-corrected chi connectivity index (χ2v) is 7.68. The van der Waals surface area contributed by atoms with Gasteiger partial charge in [0, 0.05) is 45.8 Å². The van der Waals surface area contributed by atoms with Crippen LogP contribution in [0.3, 0.4) is 0 Å². The third-order valence-electron chi connectivity index (χ3n) is 5.95. The molecule has 3 rings (SSSR count). The molecule has 3 aliphatic heterocycles. The van der Waals surface area contributed by atoms with Gasteiger partial charge in [0.2, 0.25) is 5.91 Å². The zero-order chi connectivity index (χ0) is 16.1. The summed E-state index contributed by atoms with van der Waals surface area (Å²) in [5.74, 6) is 2.33. The van der Waals surface area contributed by atoms with Crippen LogP contribution >= 0.6 is 24.8 Å². The molecule has 0 bridgehead atoms. The van der Waals surface area contributed by atoms with Crippen LogP contribution in [0, 0.1) is 17.8 Å². The summed E-state index contributed by atoms with van der Waals surface area (Å²) in [4.78, 5) is 17.2. The SMILES string of the molecule is CC(CC(=O)N1CCN(CC2CCOC2)CC1)C1CCNCC1.Cl.Cl. The van der Waals surface area contributed by atoms with E-state index in [9.17, 15) is 4.79 Å². The Bertz CT molecular complexity index is 381. The van der Waals surface area contributed by atoms with Gasteiger partial charge in [0.1, 0.15) is 0 Å². The largest absolute Gasteiger partial charge is 0.381 e. The highest BCUT2D eigenvalue weighted by Gasteiger charge is 2.27. The van der Waals surface area contributed by atoms with E-state index >= 15 is 0 Å². The van der Waals surface area contributed by atoms with E-state index in [1.165, 1.54) is 19.3 Å². The number of carbonyl (C=O) groups excluding carboxylic acids is 1. The van der Waals surface area contributed by atoms with Crippen LogP contribution in [0.1, 0.15) is 32.6 Å². The minimum atomic E-state index is 0. The molecule has 7 heteroatoms. The average molecular weight is 396 g/mol. The molecule has 0 aromatic carbocycles. The zero-order valence-electron chi connectivity index (χ0n) is 15.5. The van der Waals surface area contributed by atoms with Crippen molar-refractivity contribution < 1.29 is 9.53 Å². The standard InChI is InChI=1S/C18H33N3O2.2ClH/c1-15(17-2-5-19-6-3-17)12-18(22)21-9-7-20(8-10-21)13-16-4-11-23-14-16;;/h15-17,19H,2-14H2,1H3;2*1H. The Morgan fingerprint density at radius 2 is 1.80 bits per heavy atom. The van der Waals surface area contributed by atoms with Crippen LogP contribution in [0.15, 0.2) is 0 Å². The first-order valence-corrected chi connectivity index (χ1v) is 9.51. The van der Waals surface area contributed by atoms with Crippen LogP contribution in [0.4, 0.5) is 0 Å². The maximum atomic E-state index is 12.6. The number of halogens is 2. The second kappa shape index (κ2) is 11.6. The molecule has 3 fully saturated rings. The number of rotatable bonds is 5. The second-order valence-electron chi connectivity index (χ2n) is 7.68. The molecule has 0 aromatic rings. The van der Waals surface area contributed by atoms with Gasteiger partial charge in [-0.25, -0.2) is 0 Å². The summed E-state index contributed by atoms with van der Waals surface area (Å²) in [6.45, 7) is 11.4. The highest BCUT2D eigenvalue weighted by Crippen LogP contribution is 2.25. The molecule has 3 heterocycles. The molecule has 0 aliphatic carbocycles. The molecular weight excluding hydrogens is 361 g/mol. The predicted molar refractivity (Wildman–Crippen MR) is 106 cm³/mol. The fraction of sp³-hybridized carbons (Fsp3) is 0.944. The highest BCUT2D eigenvalue weighted by atomic mass is 35.5. The maximum Gasteiger partial charge on any atom is 0.222 e. The fourth-order valence-corrected chi connectivity index (χ4v) is 4.26. The molecule has 3 saturated heterocycles. The minimum Gasteiger partial charge on any atom is -0.381 e. The minimum absolute atomic E-state index is 0. The van der Waals surface area contributed by atoms with Crippen LogP contribution < -0.4 is 5.32 Å². The topological polar surface area (TPSA) is 44.8 Å². The molecule has 1 N–H and O–H groups in total. The number of amides is 1. The zero-order valence-corrected chi connectivity index (χ0v) is 17.1. The summed E-state index contributed by atoms with van der Waals surface area (Å²) in [7, 11) is 0. The Hall–Kier alpha value is -0.0700. The number of hydrogen-bond acceptors (Lipinski definition) is 4. The van der Waals surface area contributed by atoms with Gasteiger partial charge in [0.05, 0.1) is 6.61 Å². The van der Waals surface area contributed by atoms with Gasteiger partial charge in [0.15, 0.2) is 0 Å². The van der Waals surface area contributed by atoms with Gasteiger partial charge in [-0.2, -0.15) is 0 Å². The summed E-state index contributed by atoms with van der Waals surface area (Å²) >= 11 is 0. The van der Waals surface area contributed by atoms with Crippen molar-refractivity contribution in [3.8, 4) is 0 Å². The normalized spacial score (nSPS) is 26.6. The molecule has 0 spiro atoms. The van der Waals surface area contributed by atoms with Gasteiger partial charge in [-0.15, -0.1) is 24.8 Å². The molecule has 3 aliphatic rings. The first-order valence-electron chi connectivity index (χ1n) is 9.51. The molecule has 5 nitrogen and oxygen atoms in total. The van der Waals surface area contributed by atoms with Crippen LogP contribution in [-0.4, -0.2) is 74.7 Å². The first kappa shape index (κ1) is 23.0. The predicted octanol–water partition coefficient (Wildman–Crippen LogP) is 2.04. The number of ether oxygens (including phenoxy) is 1. The Labute approximate surface area is 165 Å². The van der Waals surface area contributed by atoms with Gasteiger partial charge in [-0.3, -0.25) is 9.69 Å². The van der Waals surface area contributed by atoms with Gasteiger partial charge in [-0.05, 0) is 50.1 Å². The summed E-state index contributed by atoms with van der Waals surface area (Å²) in [6, 6.07) is 0. The number of carbonyl (C=O) groups is 1. The van der Waals surface area contributed by atoms with Gasteiger partial charge < -0.3 is 15.0 Å². The molecule has 2 atom stereocenters. The van der Waals surface area contributed by atoms with E-state index in [4.69, 9.17) is 4.74 Å². The highest BCUT2D eigenvalue weighted by molar-refractivity contribution is 5.85. The quantitative estimate of drug-likeness (QED) is 0.773. The summed E-state index contributed by atoms with van der Waals surface area (Å²) in [6.07, 6.45) is 4.39. The third kappa shape index (κ3) is 6.87. The van der Waals surface area contributed by atoms with Gasteiger partial charge in [0.25, 0.3) is 0 Å². The summed E-state index contributed by atoms with van der Waals surface area (Å²) < 4.78 is 5.46. The van der Waals surface area contributed by atoms with Crippen molar-refractivity contribution in [2.45, 2.75) is 32.6 Å². The lowest BCUT2D eigenvalue weighted by Crippen LogP contribution is -2.50. The molecule has 25 heavy (non-hydrogen) atoms. The summed E-state index contributed by atoms with van der Waals surface area (Å²) in [5, 5.41) is 3.41. The number of hydrogen-bond donors (Lipinski definition) is 1. The van der Waals surface area contributed by atoms with Crippen molar-refractivity contribution in [2.75, 3.05) is 59.0 Å². The summed E-state index contributed by atoms with van der Waals surface area (Å²) in [5.41, 5.74) is 0. The molecule has 1 amide bonds. The lowest BCUT2D eigenvalue weighted by atomic mass is 9.84. The number of piperazine rings is 1. The Morgan fingerprint density at radius 1 is 1.12 bits per heavy atom. The monoisotopic (exact) mass is 395 g/mol. The van der Waals surface area contributed by atoms with E-state index in [1.807, 2.05) is 0 Å². The number of nitrogens with one attached hydrogen (secondary N) is 1. The van der Waals surface area contributed by atoms with E-state index in [-0.39, 0.29) is 24.8 Å². The maximum absolute atomic E-state index is 12.6. The van der Waals surface area contributed by atoms with Crippen LogP contribution in [0.25, 0.3) is 0 Å². The van der Waals surface area contributed by atoms with E-state index in [0.29, 0.717) is 17.7 Å². The van der Waals surface area contributed by atoms with E-state index in [2.05, 4.69) is 22.0 Å². The number of piperidine rings is 1.